The Morgan fingerprint density at radius 1 is 1.53 bits per heavy atom. The summed E-state index contributed by atoms with van der Waals surface area (Å²) in [4.78, 5) is 11.9. The van der Waals surface area contributed by atoms with E-state index in [0.29, 0.717) is 23.2 Å². The highest BCUT2D eigenvalue weighted by Crippen LogP contribution is 2.51. The molecule has 102 valence electrons. The van der Waals surface area contributed by atoms with Crippen LogP contribution in [0.5, 0.6) is 5.75 Å². The lowest BCUT2D eigenvalue weighted by Gasteiger charge is -2.32. The summed E-state index contributed by atoms with van der Waals surface area (Å²) in [6, 6.07) is 4.26. The second-order valence-corrected chi connectivity index (χ2v) is 7.03. The lowest BCUT2D eigenvalue weighted by molar-refractivity contribution is -0.111. The van der Waals surface area contributed by atoms with Crippen molar-refractivity contribution in [2.24, 2.45) is 0 Å². The van der Waals surface area contributed by atoms with Crippen LogP contribution in [0.25, 0.3) is 0 Å². The molecule has 0 spiro atoms. The first-order valence-corrected chi connectivity index (χ1v) is 7.54. The maximum Gasteiger partial charge on any atom is 0.191 e. The molecule has 3 rings (SSSR count). The van der Waals surface area contributed by atoms with E-state index in [0.717, 1.165) is 24.1 Å². The number of carbonyl (C=O) groups is 1. The number of hydrogen-bond acceptors (Lipinski definition) is 4. The van der Waals surface area contributed by atoms with Crippen LogP contribution < -0.4 is 10.1 Å². The Kier molecular flexibility index (Phi) is 3.28. The monoisotopic (exact) mass is 297 g/mol. The molecule has 0 amide bonds. The second-order valence-electron chi connectivity index (χ2n) is 5.21. The molecule has 2 saturated heterocycles. The first-order valence-electron chi connectivity index (χ1n) is 6.34. The Balaban J connectivity index is 2.07. The predicted octanol–water partition coefficient (Wildman–Crippen LogP) is 2.88. The third-order valence-corrected chi connectivity index (χ3v) is 5.82. The Hall–Kier alpha value is -0.710. The minimum atomic E-state index is -0.153. The van der Waals surface area contributed by atoms with Crippen LogP contribution in [-0.2, 0) is 9.54 Å². The normalized spacial score (nSPS) is 29.6. The molecule has 2 atom stereocenters. The van der Waals surface area contributed by atoms with Crippen molar-refractivity contribution < 1.29 is 9.53 Å². The van der Waals surface area contributed by atoms with E-state index in [4.69, 9.17) is 16.3 Å². The van der Waals surface area contributed by atoms with E-state index in [9.17, 15) is 4.79 Å². The molecule has 3 nitrogen and oxygen atoms in total. The van der Waals surface area contributed by atoms with Gasteiger partial charge in [-0.25, -0.2) is 0 Å². The van der Waals surface area contributed by atoms with Crippen LogP contribution in [-0.4, -0.2) is 24.8 Å². The number of thioether (sulfide) groups is 1. The van der Waals surface area contributed by atoms with Gasteiger partial charge in [0, 0.05) is 19.0 Å². The van der Waals surface area contributed by atoms with Gasteiger partial charge in [0.2, 0.25) is 0 Å². The van der Waals surface area contributed by atoms with E-state index in [1.165, 1.54) is 11.8 Å². The van der Waals surface area contributed by atoms with Crippen LogP contribution in [0.15, 0.2) is 12.1 Å². The van der Waals surface area contributed by atoms with Gasteiger partial charge < -0.3 is 10.1 Å². The summed E-state index contributed by atoms with van der Waals surface area (Å²) in [5.41, 5.74) is 2.18. The topological polar surface area (TPSA) is 38.3 Å². The van der Waals surface area contributed by atoms with E-state index in [1.54, 1.807) is 7.11 Å². The van der Waals surface area contributed by atoms with Gasteiger partial charge in [-0.3, -0.25) is 4.79 Å². The lowest BCUT2D eigenvalue weighted by Crippen LogP contribution is -2.29. The fourth-order valence-electron chi connectivity index (χ4n) is 3.11. The molecule has 2 heterocycles. The predicted molar refractivity (Wildman–Crippen MR) is 78.0 cm³/mol. The van der Waals surface area contributed by atoms with Gasteiger partial charge in [0.25, 0.3) is 0 Å². The van der Waals surface area contributed by atoms with Crippen molar-refractivity contribution in [3.05, 3.63) is 28.3 Å². The second kappa shape index (κ2) is 4.69. The quantitative estimate of drug-likeness (QED) is 0.911. The number of fused-ring (bicyclic) bond motifs is 2. The van der Waals surface area contributed by atoms with Crippen molar-refractivity contribution in [1.82, 2.24) is 5.32 Å². The number of rotatable bonds is 2. The zero-order valence-electron chi connectivity index (χ0n) is 11.0. The highest BCUT2D eigenvalue weighted by molar-refractivity contribution is 8.14. The molecule has 2 fully saturated rings. The number of halogens is 1. The zero-order valence-corrected chi connectivity index (χ0v) is 12.5. The zero-order chi connectivity index (χ0) is 13.6. The van der Waals surface area contributed by atoms with Crippen LogP contribution in [0.1, 0.15) is 24.0 Å². The molecular formula is C14H16ClNO2S. The summed E-state index contributed by atoms with van der Waals surface area (Å²) in [5.74, 6) is 0.689. The number of methoxy groups -OCH3 is 1. The van der Waals surface area contributed by atoms with Crippen molar-refractivity contribution in [3.8, 4) is 5.75 Å². The maximum absolute atomic E-state index is 11.9. The van der Waals surface area contributed by atoms with Crippen LogP contribution >= 0.6 is 23.4 Å². The Bertz CT molecular complexity index is 548. The van der Waals surface area contributed by atoms with E-state index in [-0.39, 0.29) is 9.86 Å². The molecule has 0 aromatic heterocycles. The van der Waals surface area contributed by atoms with Gasteiger partial charge in [-0.15, -0.1) is 0 Å². The SMILES string of the molecule is COc1ccc(C23CNC(CC(=O)S2)C3)c(C)c1Cl. The Morgan fingerprint density at radius 2 is 2.32 bits per heavy atom. The van der Waals surface area contributed by atoms with Crippen molar-refractivity contribution in [1.29, 1.82) is 0 Å². The fraction of sp³-hybridized carbons (Fsp3) is 0.500. The molecule has 2 aliphatic heterocycles. The van der Waals surface area contributed by atoms with Crippen LogP contribution in [0.4, 0.5) is 0 Å². The van der Waals surface area contributed by atoms with Gasteiger partial charge in [0.1, 0.15) is 5.75 Å². The first kappa shape index (κ1) is 13.3. The van der Waals surface area contributed by atoms with Gasteiger partial charge >= 0.3 is 0 Å². The smallest absolute Gasteiger partial charge is 0.191 e. The summed E-state index contributed by atoms with van der Waals surface area (Å²) in [6.07, 6.45) is 1.63. The summed E-state index contributed by atoms with van der Waals surface area (Å²) >= 11 is 7.81. The average Bonchev–Trinajstić information content (AvgIpc) is 2.69. The van der Waals surface area contributed by atoms with E-state index < -0.39 is 0 Å². The molecule has 2 bridgehead atoms. The molecule has 2 aliphatic rings. The highest BCUT2D eigenvalue weighted by Gasteiger charge is 2.48. The molecular weight excluding hydrogens is 282 g/mol. The molecule has 19 heavy (non-hydrogen) atoms. The number of hydrogen-bond donors (Lipinski definition) is 1. The van der Waals surface area contributed by atoms with Crippen LogP contribution in [0.3, 0.4) is 0 Å². The number of ether oxygens (including phenoxy) is 1. The first-order chi connectivity index (χ1) is 9.05. The third-order valence-electron chi connectivity index (χ3n) is 4.04. The number of benzene rings is 1. The molecule has 0 saturated carbocycles. The number of nitrogens with one attached hydrogen (secondary N) is 1. The van der Waals surface area contributed by atoms with Gasteiger partial charge in [0.15, 0.2) is 5.12 Å². The molecule has 2 unspecified atom stereocenters. The van der Waals surface area contributed by atoms with Crippen molar-refractivity contribution in [3.63, 3.8) is 0 Å². The summed E-state index contributed by atoms with van der Waals surface area (Å²) in [6.45, 7) is 2.83. The molecule has 1 aromatic rings. The summed E-state index contributed by atoms with van der Waals surface area (Å²) < 4.78 is 5.09. The summed E-state index contributed by atoms with van der Waals surface area (Å²) in [5, 5.41) is 4.37. The molecule has 1 N–H and O–H groups in total. The van der Waals surface area contributed by atoms with Crippen molar-refractivity contribution >= 4 is 28.5 Å². The minimum absolute atomic E-state index is 0.153. The van der Waals surface area contributed by atoms with Crippen LogP contribution in [0, 0.1) is 6.92 Å². The molecule has 0 radical (unpaired) electrons. The molecule has 5 heteroatoms. The third kappa shape index (κ3) is 2.06. The van der Waals surface area contributed by atoms with Gasteiger partial charge in [0.05, 0.1) is 16.9 Å². The summed E-state index contributed by atoms with van der Waals surface area (Å²) in [7, 11) is 1.62. The standard InChI is InChI=1S/C14H16ClNO2S/c1-8-10(3-4-11(18-2)13(8)15)14-6-9(16-7-14)5-12(17)19-14/h3-4,9,16H,5-7H2,1-2H3. The average molecular weight is 298 g/mol. The van der Waals surface area contributed by atoms with E-state index in [2.05, 4.69) is 11.4 Å². The Morgan fingerprint density at radius 3 is 3.05 bits per heavy atom. The van der Waals surface area contributed by atoms with Gasteiger partial charge in [-0.2, -0.15) is 0 Å². The minimum Gasteiger partial charge on any atom is -0.495 e. The van der Waals surface area contributed by atoms with Gasteiger partial charge in [-0.05, 0) is 30.5 Å². The van der Waals surface area contributed by atoms with Crippen molar-refractivity contribution in [2.75, 3.05) is 13.7 Å². The maximum atomic E-state index is 11.9. The highest BCUT2D eigenvalue weighted by atomic mass is 35.5. The van der Waals surface area contributed by atoms with E-state index in [1.807, 2.05) is 13.0 Å². The number of carbonyl (C=O) groups excluding carboxylic acids is 1. The van der Waals surface area contributed by atoms with Crippen molar-refractivity contribution in [2.45, 2.75) is 30.6 Å². The largest absolute Gasteiger partial charge is 0.495 e. The molecule has 1 aromatic carbocycles. The fourth-order valence-corrected chi connectivity index (χ4v) is 4.84. The van der Waals surface area contributed by atoms with E-state index >= 15 is 0 Å². The molecule has 0 aliphatic carbocycles. The lowest BCUT2D eigenvalue weighted by atomic mass is 9.90. The van der Waals surface area contributed by atoms with Crippen LogP contribution in [0.2, 0.25) is 5.02 Å². The van der Waals surface area contributed by atoms with Gasteiger partial charge in [-0.1, -0.05) is 29.4 Å². The Labute approximate surface area is 122 Å².